The minimum atomic E-state index is 0.894. The summed E-state index contributed by atoms with van der Waals surface area (Å²) in [5.74, 6) is 0.894. The lowest BCUT2D eigenvalue weighted by molar-refractivity contribution is 0.267. The summed E-state index contributed by atoms with van der Waals surface area (Å²) in [5.41, 5.74) is 0. The fourth-order valence-corrected chi connectivity index (χ4v) is 3.09. The van der Waals surface area contributed by atoms with Crippen molar-refractivity contribution in [2.75, 3.05) is 19.6 Å². The Bertz CT molecular complexity index is 182. The standard InChI is InChI=1S/C20H43N/c1-5-17-21(18-6-2)19-15-13-11-9-7-8-10-12-14-16-20(3)4/h20H,5-19H2,1-4H3. The van der Waals surface area contributed by atoms with Gasteiger partial charge in [-0.15, -0.1) is 0 Å². The first-order chi connectivity index (χ1) is 10.2. The highest BCUT2D eigenvalue weighted by Crippen LogP contribution is 2.13. The molecule has 0 unspecified atom stereocenters. The lowest BCUT2D eigenvalue weighted by Gasteiger charge is -2.20. The Hall–Kier alpha value is -0.0400. The molecule has 0 aliphatic rings. The third-order valence-electron chi connectivity index (χ3n) is 4.34. The van der Waals surface area contributed by atoms with E-state index < -0.39 is 0 Å². The molecule has 0 amide bonds. The molecule has 0 aliphatic heterocycles. The average molecular weight is 298 g/mol. The van der Waals surface area contributed by atoms with E-state index in [1.807, 2.05) is 0 Å². The van der Waals surface area contributed by atoms with Gasteiger partial charge in [0.05, 0.1) is 0 Å². The molecular formula is C20H43N. The Morgan fingerprint density at radius 3 is 1.43 bits per heavy atom. The molecule has 0 spiro atoms. The fraction of sp³-hybridized carbons (Fsp3) is 1.00. The number of hydrogen-bond acceptors (Lipinski definition) is 1. The molecule has 1 heteroatoms. The summed E-state index contributed by atoms with van der Waals surface area (Å²) in [6.45, 7) is 13.2. The maximum atomic E-state index is 2.65. The zero-order valence-electron chi connectivity index (χ0n) is 15.6. The zero-order chi connectivity index (χ0) is 15.8. The molecule has 21 heavy (non-hydrogen) atoms. The summed E-state index contributed by atoms with van der Waals surface area (Å²) in [4.78, 5) is 2.65. The van der Waals surface area contributed by atoms with E-state index in [2.05, 4.69) is 32.6 Å². The molecular weight excluding hydrogens is 254 g/mol. The van der Waals surface area contributed by atoms with Crippen LogP contribution in [0.4, 0.5) is 0 Å². The van der Waals surface area contributed by atoms with E-state index in [0.717, 1.165) is 5.92 Å². The lowest BCUT2D eigenvalue weighted by Crippen LogP contribution is -2.26. The van der Waals surface area contributed by atoms with E-state index >= 15 is 0 Å². The normalized spacial score (nSPS) is 11.7. The van der Waals surface area contributed by atoms with Crippen LogP contribution >= 0.6 is 0 Å². The first-order valence-corrected chi connectivity index (χ1v) is 9.93. The SMILES string of the molecule is CCCN(CCC)CCCCCCCCCCCC(C)C. The number of rotatable bonds is 16. The van der Waals surface area contributed by atoms with Crippen LogP contribution in [0.25, 0.3) is 0 Å². The summed E-state index contributed by atoms with van der Waals surface area (Å²) in [6, 6.07) is 0. The van der Waals surface area contributed by atoms with Crippen molar-refractivity contribution in [3.05, 3.63) is 0 Å². The van der Waals surface area contributed by atoms with Crippen LogP contribution in [0.2, 0.25) is 0 Å². The summed E-state index contributed by atoms with van der Waals surface area (Å²) in [7, 11) is 0. The average Bonchev–Trinajstić information content (AvgIpc) is 2.44. The summed E-state index contributed by atoms with van der Waals surface area (Å²) in [5, 5.41) is 0. The molecule has 128 valence electrons. The van der Waals surface area contributed by atoms with Gasteiger partial charge in [0, 0.05) is 0 Å². The van der Waals surface area contributed by atoms with Gasteiger partial charge in [0.1, 0.15) is 0 Å². The van der Waals surface area contributed by atoms with Gasteiger partial charge in [0.2, 0.25) is 0 Å². The second kappa shape index (κ2) is 16.3. The van der Waals surface area contributed by atoms with Crippen LogP contribution in [-0.4, -0.2) is 24.5 Å². The van der Waals surface area contributed by atoms with Crippen molar-refractivity contribution in [3.8, 4) is 0 Å². The molecule has 0 rings (SSSR count). The monoisotopic (exact) mass is 297 g/mol. The highest BCUT2D eigenvalue weighted by Gasteiger charge is 2.01. The molecule has 0 bridgehead atoms. The Morgan fingerprint density at radius 2 is 1.00 bits per heavy atom. The van der Waals surface area contributed by atoms with Gasteiger partial charge in [0.15, 0.2) is 0 Å². The van der Waals surface area contributed by atoms with Gasteiger partial charge in [-0.25, -0.2) is 0 Å². The summed E-state index contributed by atoms with van der Waals surface area (Å²) in [6.07, 6.45) is 17.1. The number of hydrogen-bond donors (Lipinski definition) is 0. The Labute approximate surface area is 135 Å². The van der Waals surface area contributed by atoms with E-state index in [-0.39, 0.29) is 0 Å². The minimum Gasteiger partial charge on any atom is -0.303 e. The first kappa shape index (κ1) is 21.0. The third kappa shape index (κ3) is 16.2. The van der Waals surface area contributed by atoms with Crippen molar-refractivity contribution in [2.24, 2.45) is 5.92 Å². The smallest absolute Gasteiger partial charge is 0.00187 e. The molecule has 0 N–H and O–H groups in total. The van der Waals surface area contributed by atoms with Crippen molar-refractivity contribution in [3.63, 3.8) is 0 Å². The van der Waals surface area contributed by atoms with Crippen molar-refractivity contribution in [1.82, 2.24) is 4.90 Å². The molecule has 0 aromatic heterocycles. The van der Waals surface area contributed by atoms with Crippen molar-refractivity contribution >= 4 is 0 Å². The first-order valence-electron chi connectivity index (χ1n) is 9.93. The van der Waals surface area contributed by atoms with Crippen LogP contribution in [0, 0.1) is 5.92 Å². The summed E-state index contributed by atoms with van der Waals surface area (Å²) >= 11 is 0. The molecule has 0 fully saturated rings. The predicted octanol–water partition coefficient (Wildman–Crippen LogP) is 6.67. The Kier molecular flexibility index (Phi) is 16.3. The van der Waals surface area contributed by atoms with Gasteiger partial charge in [-0.2, -0.15) is 0 Å². The van der Waals surface area contributed by atoms with Gasteiger partial charge >= 0.3 is 0 Å². The molecule has 0 saturated heterocycles. The Balaban J connectivity index is 3.20. The van der Waals surface area contributed by atoms with Crippen LogP contribution in [0.3, 0.4) is 0 Å². The van der Waals surface area contributed by atoms with Crippen molar-refractivity contribution in [2.45, 2.75) is 105 Å². The van der Waals surface area contributed by atoms with E-state index in [9.17, 15) is 0 Å². The van der Waals surface area contributed by atoms with Crippen LogP contribution in [-0.2, 0) is 0 Å². The number of nitrogens with zero attached hydrogens (tertiary/aromatic N) is 1. The van der Waals surface area contributed by atoms with Crippen molar-refractivity contribution < 1.29 is 0 Å². The van der Waals surface area contributed by atoms with E-state index in [4.69, 9.17) is 0 Å². The van der Waals surface area contributed by atoms with E-state index in [1.54, 1.807) is 0 Å². The highest BCUT2D eigenvalue weighted by molar-refractivity contribution is 4.57. The molecule has 0 atom stereocenters. The van der Waals surface area contributed by atoms with Crippen LogP contribution < -0.4 is 0 Å². The van der Waals surface area contributed by atoms with Gasteiger partial charge in [-0.3, -0.25) is 0 Å². The van der Waals surface area contributed by atoms with Gasteiger partial charge in [-0.05, 0) is 44.8 Å². The second-order valence-electron chi connectivity index (χ2n) is 7.21. The fourth-order valence-electron chi connectivity index (χ4n) is 3.09. The second-order valence-corrected chi connectivity index (χ2v) is 7.21. The predicted molar refractivity (Wildman–Crippen MR) is 98.0 cm³/mol. The molecule has 1 nitrogen and oxygen atoms in total. The maximum Gasteiger partial charge on any atom is -0.00187 e. The van der Waals surface area contributed by atoms with Gasteiger partial charge in [-0.1, -0.05) is 85.5 Å². The molecule has 0 aromatic rings. The highest BCUT2D eigenvalue weighted by atomic mass is 15.1. The minimum absolute atomic E-state index is 0.894. The molecule has 0 saturated carbocycles. The zero-order valence-corrected chi connectivity index (χ0v) is 15.6. The van der Waals surface area contributed by atoms with E-state index in [0.29, 0.717) is 0 Å². The molecule has 0 aromatic carbocycles. The van der Waals surface area contributed by atoms with E-state index in [1.165, 1.54) is 96.7 Å². The van der Waals surface area contributed by atoms with Crippen LogP contribution in [0.15, 0.2) is 0 Å². The summed E-state index contributed by atoms with van der Waals surface area (Å²) < 4.78 is 0. The van der Waals surface area contributed by atoms with Crippen LogP contribution in [0.5, 0.6) is 0 Å². The lowest BCUT2D eigenvalue weighted by atomic mass is 10.0. The molecule has 0 heterocycles. The van der Waals surface area contributed by atoms with Gasteiger partial charge in [0.25, 0.3) is 0 Å². The third-order valence-corrected chi connectivity index (χ3v) is 4.34. The topological polar surface area (TPSA) is 3.24 Å². The molecule has 0 radical (unpaired) electrons. The quantitative estimate of drug-likeness (QED) is 0.288. The largest absolute Gasteiger partial charge is 0.303 e. The van der Waals surface area contributed by atoms with Crippen LogP contribution in [0.1, 0.15) is 105 Å². The molecule has 0 aliphatic carbocycles. The maximum absolute atomic E-state index is 2.65. The van der Waals surface area contributed by atoms with Crippen molar-refractivity contribution in [1.29, 1.82) is 0 Å². The van der Waals surface area contributed by atoms with Gasteiger partial charge < -0.3 is 4.90 Å². The number of unbranched alkanes of at least 4 members (excludes halogenated alkanes) is 8. The Morgan fingerprint density at radius 1 is 0.571 bits per heavy atom.